The molecule has 1 aromatic carbocycles. The molecule has 1 aromatic heterocycles. The third kappa shape index (κ3) is 2.77. The van der Waals surface area contributed by atoms with Crippen molar-refractivity contribution in [3.05, 3.63) is 64.4 Å². The Labute approximate surface area is 97.6 Å². The average molecular weight is 260 g/mol. The minimum atomic E-state index is 0.966. The number of hydrogen-bond acceptors (Lipinski definition) is 1. The first kappa shape index (κ1) is 10.1. The second-order valence-corrected chi connectivity index (χ2v) is 3.96. The van der Waals surface area contributed by atoms with Crippen molar-refractivity contribution >= 4 is 28.1 Å². The monoisotopic (exact) mass is 259 g/mol. The van der Waals surface area contributed by atoms with Crippen molar-refractivity contribution in [3.63, 3.8) is 0 Å². The fourth-order valence-corrected chi connectivity index (χ4v) is 1.68. The molecule has 2 rings (SSSR count). The van der Waals surface area contributed by atoms with Crippen LogP contribution in [0.15, 0.2) is 53.1 Å². The molecule has 0 N–H and O–H groups in total. The molecular weight excluding hydrogens is 250 g/mol. The van der Waals surface area contributed by atoms with E-state index in [2.05, 4.69) is 27.0 Å². The van der Waals surface area contributed by atoms with Crippen LogP contribution in [-0.2, 0) is 0 Å². The minimum absolute atomic E-state index is 0.966. The average Bonchev–Trinajstić information content (AvgIpc) is 2.29. The summed E-state index contributed by atoms with van der Waals surface area (Å²) >= 11 is 3.50. The van der Waals surface area contributed by atoms with E-state index in [9.17, 15) is 0 Å². The van der Waals surface area contributed by atoms with Gasteiger partial charge in [0, 0.05) is 10.7 Å². The van der Waals surface area contributed by atoms with Crippen LogP contribution in [0.2, 0.25) is 0 Å². The molecule has 0 aliphatic rings. The summed E-state index contributed by atoms with van der Waals surface area (Å²) in [6, 6.07) is 14.0. The Morgan fingerprint density at radius 1 is 0.933 bits per heavy atom. The first-order chi connectivity index (χ1) is 7.36. The molecule has 1 heterocycles. The van der Waals surface area contributed by atoms with Gasteiger partial charge in [0.25, 0.3) is 0 Å². The Morgan fingerprint density at radius 3 is 2.47 bits per heavy atom. The normalized spacial score (nSPS) is 10.7. The first-order valence-corrected chi connectivity index (χ1v) is 5.49. The van der Waals surface area contributed by atoms with Crippen molar-refractivity contribution in [1.29, 1.82) is 0 Å². The van der Waals surface area contributed by atoms with Gasteiger partial charge in [-0.15, -0.1) is 0 Å². The van der Waals surface area contributed by atoms with Crippen LogP contribution in [0.5, 0.6) is 0 Å². The smallest absolute Gasteiger partial charge is 0.0629 e. The van der Waals surface area contributed by atoms with Gasteiger partial charge >= 0.3 is 0 Å². The molecule has 0 spiro atoms. The van der Waals surface area contributed by atoms with Crippen molar-refractivity contribution in [2.45, 2.75) is 0 Å². The molecule has 0 amide bonds. The molecule has 74 valence electrons. The molecule has 0 aliphatic heterocycles. The summed E-state index contributed by atoms with van der Waals surface area (Å²) in [6.07, 6.45) is 5.84. The summed E-state index contributed by atoms with van der Waals surface area (Å²) in [4.78, 5) is 4.22. The van der Waals surface area contributed by atoms with E-state index < -0.39 is 0 Å². The molecule has 0 bridgehead atoms. The third-order valence-electron chi connectivity index (χ3n) is 2.03. The fraction of sp³-hybridized carbons (Fsp3) is 0. The molecule has 0 aliphatic carbocycles. The van der Waals surface area contributed by atoms with Gasteiger partial charge in [0.05, 0.1) is 5.69 Å². The highest BCUT2D eigenvalue weighted by Gasteiger charge is 1.92. The zero-order valence-corrected chi connectivity index (χ0v) is 9.68. The Hall–Kier alpha value is -1.41. The molecule has 0 atom stereocenters. The number of benzene rings is 1. The number of aromatic nitrogens is 1. The van der Waals surface area contributed by atoms with Crippen LogP contribution in [-0.4, -0.2) is 4.98 Å². The summed E-state index contributed by atoms with van der Waals surface area (Å²) in [5.41, 5.74) is 2.12. The second kappa shape index (κ2) is 4.89. The maximum Gasteiger partial charge on any atom is 0.0629 e. The Morgan fingerprint density at radius 2 is 1.73 bits per heavy atom. The lowest BCUT2D eigenvalue weighted by Gasteiger charge is -1.96. The zero-order valence-electron chi connectivity index (χ0n) is 8.10. The molecule has 0 saturated carbocycles. The lowest BCUT2D eigenvalue weighted by atomic mass is 10.2. The summed E-state index contributed by atoms with van der Waals surface area (Å²) in [7, 11) is 0. The summed E-state index contributed by atoms with van der Waals surface area (Å²) in [5.74, 6) is 0. The minimum Gasteiger partial charge on any atom is -0.257 e. The van der Waals surface area contributed by atoms with E-state index in [0.717, 1.165) is 15.7 Å². The number of nitrogens with zero attached hydrogens (tertiary/aromatic N) is 1. The van der Waals surface area contributed by atoms with Crippen molar-refractivity contribution in [1.82, 2.24) is 4.98 Å². The summed E-state index contributed by atoms with van der Waals surface area (Å²) in [5, 5.41) is 0. The van der Waals surface area contributed by atoms with Crippen LogP contribution >= 0.6 is 15.9 Å². The molecule has 0 saturated heterocycles. The van der Waals surface area contributed by atoms with Gasteiger partial charge in [-0.2, -0.15) is 0 Å². The van der Waals surface area contributed by atoms with Gasteiger partial charge in [0.2, 0.25) is 0 Å². The molecule has 2 heteroatoms. The van der Waals surface area contributed by atoms with E-state index >= 15 is 0 Å². The van der Waals surface area contributed by atoms with Crippen molar-refractivity contribution < 1.29 is 0 Å². The van der Waals surface area contributed by atoms with E-state index in [1.807, 2.05) is 48.6 Å². The highest BCUT2D eigenvalue weighted by Crippen LogP contribution is 2.17. The van der Waals surface area contributed by atoms with Crippen LogP contribution in [0, 0.1) is 0 Å². The predicted molar refractivity (Wildman–Crippen MR) is 67.3 cm³/mol. The number of pyridine rings is 1. The van der Waals surface area contributed by atoms with Gasteiger partial charge in [0.1, 0.15) is 0 Å². The molecule has 2 aromatic rings. The van der Waals surface area contributed by atoms with Crippen LogP contribution in [0.1, 0.15) is 11.3 Å². The Kier molecular flexibility index (Phi) is 3.30. The Bertz CT molecular complexity index is 463. The van der Waals surface area contributed by atoms with Crippen molar-refractivity contribution in [2.24, 2.45) is 0 Å². The molecule has 15 heavy (non-hydrogen) atoms. The molecule has 1 nitrogen and oxygen atoms in total. The summed E-state index contributed by atoms with van der Waals surface area (Å²) in [6.45, 7) is 0. The van der Waals surface area contributed by atoms with Gasteiger partial charge in [-0.05, 0) is 29.8 Å². The van der Waals surface area contributed by atoms with Crippen molar-refractivity contribution in [3.8, 4) is 0 Å². The summed E-state index contributed by atoms with van der Waals surface area (Å²) < 4.78 is 1.09. The highest BCUT2D eigenvalue weighted by atomic mass is 79.9. The first-order valence-electron chi connectivity index (χ1n) is 4.70. The van der Waals surface area contributed by atoms with E-state index in [4.69, 9.17) is 0 Å². The zero-order chi connectivity index (χ0) is 10.5. The Balaban J connectivity index is 2.23. The van der Waals surface area contributed by atoms with Crippen molar-refractivity contribution in [2.75, 3.05) is 0 Å². The lowest BCUT2D eigenvalue weighted by molar-refractivity contribution is 1.30. The standard InChI is InChI=1S/C13H10BrN/c14-13-7-2-1-5-11(13)8-9-12-6-3-4-10-15-12/h1-10H/b9-8+. The molecule has 0 fully saturated rings. The van der Waals surface area contributed by atoms with E-state index in [1.165, 1.54) is 0 Å². The molecular formula is C13H10BrN. The maximum absolute atomic E-state index is 4.22. The number of halogens is 1. The second-order valence-electron chi connectivity index (χ2n) is 3.11. The fourth-order valence-electron chi connectivity index (χ4n) is 1.26. The van der Waals surface area contributed by atoms with E-state index in [-0.39, 0.29) is 0 Å². The largest absolute Gasteiger partial charge is 0.257 e. The number of hydrogen-bond donors (Lipinski definition) is 0. The highest BCUT2D eigenvalue weighted by molar-refractivity contribution is 9.10. The molecule has 0 radical (unpaired) electrons. The molecule has 0 unspecified atom stereocenters. The van der Waals surface area contributed by atoms with Gasteiger partial charge in [-0.3, -0.25) is 4.98 Å². The van der Waals surface area contributed by atoms with Crippen LogP contribution < -0.4 is 0 Å². The van der Waals surface area contributed by atoms with Gasteiger partial charge in [0.15, 0.2) is 0 Å². The number of rotatable bonds is 2. The SMILES string of the molecule is Brc1ccccc1/C=C/c1ccccn1. The predicted octanol–water partition coefficient (Wildman–Crippen LogP) is 4.01. The third-order valence-corrected chi connectivity index (χ3v) is 2.75. The van der Waals surface area contributed by atoms with Gasteiger partial charge < -0.3 is 0 Å². The van der Waals surface area contributed by atoms with Gasteiger partial charge in [-0.1, -0.05) is 46.3 Å². The topological polar surface area (TPSA) is 12.9 Å². The van der Waals surface area contributed by atoms with Crippen LogP contribution in [0.4, 0.5) is 0 Å². The quantitative estimate of drug-likeness (QED) is 0.794. The van der Waals surface area contributed by atoms with E-state index in [1.54, 1.807) is 6.20 Å². The van der Waals surface area contributed by atoms with Gasteiger partial charge in [-0.25, -0.2) is 0 Å². The maximum atomic E-state index is 4.22. The lowest BCUT2D eigenvalue weighted by Crippen LogP contribution is -1.77. The van der Waals surface area contributed by atoms with Crippen LogP contribution in [0.3, 0.4) is 0 Å². The van der Waals surface area contributed by atoms with Crippen LogP contribution in [0.25, 0.3) is 12.2 Å². The van der Waals surface area contributed by atoms with E-state index in [0.29, 0.717) is 0 Å².